The van der Waals surface area contributed by atoms with E-state index in [1.807, 2.05) is 0 Å². The maximum Gasteiger partial charge on any atom is 0.178 e. The summed E-state index contributed by atoms with van der Waals surface area (Å²) in [6.07, 6.45) is 0.599. The summed E-state index contributed by atoms with van der Waals surface area (Å²) < 4.78 is 24.0. The summed E-state index contributed by atoms with van der Waals surface area (Å²) in [4.78, 5) is 0.336. The third-order valence-corrected chi connectivity index (χ3v) is 4.49. The molecule has 1 aromatic rings. The van der Waals surface area contributed by atoms with Crippen LogP contribution in [0.1, 0.15) is 27.2 Å². The van der Waals surface area contributed by atoms with Gasteiger partial charge < -0.3 is 5.32 Å². The monoisotopic (exact) mass is 289 g/mol. The molecule has 0 unspecified atom stereocenters. The minimum atomic E-state index is -3.19. The minimum absolute atomic E-state index is 0.0179. The first-order valence-corrected chi connectivity index (χ1v) is 7.97. The van der Waals surface area contributed by atoms with Crippen LogP contribution >= 0.6 is 11.6 Å². The number of nitrogens with one attached hydrogen (secondary N) is 1. The maximum atomic E-state index is 12.0. The molecule has 0 atom stereocenters. The van der Waals surface area contributed by atoms with Crippen LogP contribution in [0.25, 0.3) is 0 Å². The molecule has 0 bridgehead atoms. The van der Waals surface area contributed by atoms with Crippen molar-refractivity contribution in [2.45, 2.75) is 37.6 Å². The van der Waals surface area contributed by atoms with Gasteiger partial charge in [-0.15, -0.1) is 0 Å². The molecule has 0 saturated heterocycles. The van der Waals surface area contributed by atoms with Crippen LogP contribution < -0.4 is 5.32 Å². The van der Waals surface area contributed by atoms with Crippen LogP contribution in [0.5, 0.6) is 0 Å². The molecule has 3 nitrogen and oxygen atoms in total. The zero-order valence-electron chi connectivity index (χ0n) is 11.0. The number of hydrogen-bond donors (Lipinski definition) is 1. The summed E-state index contributed by atoms with van der Waals surface area (Å²) in [5, 5.41) is 3.81. The number of hydrogen-bond acceptors (Lipinski definition) is 3. The quantitative estimate of drug-likeness (QED) is 0.848. The highest BCUT2D eigenvalue weighted by molar-refractivity contribution is 7.91. The maximum absolute atomic E-state index is 12.0. The molecule has 1 rings (SSSR count). The second-order valence-corrected chi connectivity index (χ2v) is 7.85. The fraction of sp³-hybridized carbons (Fsp3) is 0.538. The van der Waals surface area contributed by atoms with Gasteiger partial charge in [0.25, 0.3) is 0 Å². The highest BCUT2D eigenvalue weighted by Gasteiger charge is 2.14. The van der Waals surface area contributed by atoms with Gasteiger partial charge in [-0.05, 0) is 58.0 Å². The molecule has 5 heteroatoms. The van der Waals surface area contributed by atoms with Gasteiger partial charge >= 0.3 is 0 Å². The number of benzene rings is 1. The van der Waals surface area contributed by atoms with E-state index in [9.17, 15) is 8.42 Å². The molecule has 0 heterocycles. The molecule has 0 aliphatic carbocycles. The van der Waals surface area contributed by atoms with E-state index >= 15 is 0 Å². The predicted molar refractivity (Wildman–Crippen MR) is 75.9 cm³/mol. The van der Waals surface area contributed by atoms with E-state index in [0.29, 0.717) is 22.9 Å². The molecule has 0 aromatic heterocycles. The van der Waals surface area contributed by atoms with Crippen molar-refractivity contribution in [3.05, 3.63) is 29.3 Å². The van der Waals surface area contributed by atoms with Crippen molar-refractivity contribution in [3.8, 4) is 0 Å². The van der Waals surface area contributed by atoms with Crippen molar-refractivity contribution in [2.75, 3.05) is 12.3 Å². The molecule has 1 N–H and O–H groups in total. The fourth-order valence-corrected chi connectivity index (χ4v) is 2.92. The third-order valence-electron chi connectivity index (χ3n) is 2.42. The minimum Gasteiger partial charge on any atom is -0.312 e. The molecule has 0 spiro atoms. The zero-order chi connectivity index (χ0) is 13.8. The van der Waals surface area contributed by atoms with Crippen molar-refractivity contribution in [1.29, 1.82) is 0 Å². The Morgan fingerprint density at radius 3 is 2.22 bits per heavy atom. The van der Waals surface area contributed by atoms with E-state index in [1.165, 1.54) is 0 Å². The molecule has 0 aliphatic rings. The zero-order valence-corrected chi connectivity index (χ0v) is 12.6. The molecule has 18 heavy (non-hydrogen) atoms. The van der Waals surface area contributed by atoms with E-state index in [0.717, 1.165) is 0 Å². The van der Waals surface area contributed by atoms with Gasteiger partial charge in [0.2, 0.25) is 0 Å². The van der Waals surface area contributed by atoms with E-state index in [4.69, 9.17) is 11.6 Å². The topological polar surface area (TPSA) is 46.2 Å². The lowest BCUT2D eigenvalue weighted by molar-refractivity contribution is 0.426. The Morgan fingerprint density at radius 2 is 1.72 bits per heavy atom. The average Bonchev–Trinajstić information content (AvgIpc) is 2.24. The molecule has 0 radical (unpaired) electrons. The summed E-state index contributed by atoms with van der Waals surface area (Å²) in [5.74, 6) is 0.151. The molecule has 0 fully saturated rings. The van der Waals surface area contributed by atoms with Crippen LogP contribution in [0.15, 0.2) is 29.2 Å². The van der Waals surface area contributed by atoms with Gasteiger partial charge in [0.1, 0.15) is 0 Å². The van der Waals surface area contributed by atoms with Crippen LogP contribution in [0.2, 0.25) is 5.02 Å². The molecule has 1 aromatic carbocycles. The van der Waals surface area contributed by atoms with Gasteiger partial charge in [-0.1, -0.05) is 11.6 Å². The third kappa shape index (κ3) is 5.38. The van der Waals surface area contributed by atoms with Crippen LogP contribution in [-0.4, -0.2) is 26.3 Å². The summed E-state index contributed by atoms with van der Waals surface area (Å²) in [6.45, 7) is 6.86. The van der Waals surface area contributed by atoms with Crippen molar-refractivity contribution >= 4 is 21.4 Å². The summed E-state index contributed by atoms with van der Waals surface area (Å²) in [5.41, 5.74) is 0.0179. The first-order valence-electron chi connectivity index (χ1n) is 5.94. The lowest BCUT2D eigenvalue weighted by atomic mass is 10.1. The Kier molecular flexibility index (Phi) is 5.20. The number of sulfone groups is 1. The smallest absolute Gasteiger partial charge is 0.178 e. The van der Waals surface area contributed by atoms with E-state index in [1.54, 1.807) is 24.3 Å². The Balaban J connectivity index is 2.53. The van der Waals surface area contributed by atoms with Gasteiger partial charge in [0, 0.05) is 10.6 Å². The van der Waals surface area contributed by atoms with Crippen LogP contribution in [0, 0.1) is 0 Å². The van der Waals surface area contributed by atoms with Gasteiger partial charge in [-0.2, -0.15) is 0 Å². The van der Waals surface area contributed by atoms with Crippen LogP contribution in [-0.2, 0) is 9.84 Å². The summed E-state index contributed by atoms with van der Waals surface area (Å²) >= 11 is 5.73. The van der Waals surface area contributed by atoms with Gasteiger partial charge in [0.15, 0.2) is 9.84 Å². The van der Waals surface area contributed by atoms with E-state index in [-0.39, 0.29) is 11.3 Å². The van der Waals surface area contributed by atoms with Crippen molar-refractivity contribution in [1.82, 2.24) is 5.32 Å². The van der Waals surface area contributed by atoms with E-state index < -0.39 is 9.84 Å². The predicted octanol–water partition coefficient (Wildman–Crippen LogP) is 2.89. The van der Waals surface area contributed by atoms with Gasteiger partial charge in [0.05, 0.1) is 10.6 Å². The number of rotatable bonds is 5. The molecular formula is C13H20ClNO2S. The van der Waals surface area contributed by atoms with Crippen LogP contribution in [0.4, 0.5) is 0 Å². The SMILES string of the molecule is CC(C)(C)NCCCS(=O)(=O)c1ccc(Cl)cc1. The van der Waals surface area contributed by atoms with E-state index in [2.05, 4.69) is 26.1 Å². The normalized spacial score (nSPS) is 12.7. The second-order valence-electron chi connectivity index (χ2n) is 5.30. The summed E-state index contributed by atoms with van der Waals surface area (Å²) in [6, 6.07) is 6.30. The Hall–Kier alpha value is -0.580. The first kappa shape index (κ1) is 15.5. The Labute approximate surface area is 114 Å². The highest BCUT2D eigenvalue weighted by atomic mass is 35.5. The lowest BCUT2D eigenvalue weighted by Gasteiger charge is -2.20. The first-order chi connectivity index (χ1) is 8.21. The largest absolute Gasteiger partial charge is 0.312 e. The molecule has 102 valence electrons. The van der Waals surface area contributed by atoms with Gasteiger partial charge in [-0.25, -0.2) is 8.42 Å². The number of halogens is 1. The van der Waals surface area contributed by atoms with Crippen molar-refractivity contribution in [3.63, 3.8) is 0 Å². The van der Waals surface area contributed by atoms with Crippen molar-refractivity contribution < 1.29 is 8.42 Å². The Bertz CT molecular complexity index is 475. The highest BCUT2D eigenvalue weighted by Crippen LogP contribution is 2.15. The van der Waals surface area contributed by atoms with Crippen LogP contribution in [0.3, 0.4) is 0 Å². The van der Waals surface area contributed by atoms with Crippen molar-refractivity contribution in [2.24, 2.45) is 0 Å². The summed E-state index contributed by atoms with van der Waals surface area (Å²) in [7, 11) is -3.19. The fourth-order valence-electron chi connectivity index (χ4n) is 1.49. The molecule has 0 aliphatic heterocycles. The molecule has 0 amide bonds. The molecule has 0 saturated carbocycles. The lowest BCUT2D eigenvalue weighted by Crippen LogP contribution is -2.36. The Morgan fingerprint density at radius 1 is 1.17 bits per heavy atom. The second kappa shape index (κ2) is 6.04. The average molecular weight is 290 g/mol. The van der Waals surface area contributed by atoms with Gasteiger partial charge in [-0.3, -0.25) is 0 Å². The standard InChI is InChI=1S/C13H20ClNO2S/c1-13(2,3)15-9-4-10-18(16,17)12-7-5-11(14)6-8-12/h5-8,15H,4,9-10H2,1-3H3. The molecular weight excluding hydrogens is 270 g/mol.